The third kappa shape index (κ3) is 3.21. The molecule has 0 amide bonds. The molecule has 3 atom stereocenters. The van der Waals surface area contributed by atoms with E-state index in [2.05, 4.69) is 12.1 Å². The molecule has 0 bridgehead atoms. The van der Waals surface area contributed by atoms with Crippen LogP contribution >= 0.6 is 23.2 Å². The molecule has 0 aliphatic carbocycles. The summed E-state index contributed by atoms with van der Waals surface area (Å²) in [5, 5.41) is 21.3. The van der Waals surface area contributed by atoms with E-state index in [0.717, 1.165) is 11.3 Å². The summed E-state index contributed by atoms with van der Waals surface area (Å²) in [4.78, 5) is 15.9. The zero-order valence-electron chi connectivity index (χ0n) is 17.6. The molecule has 0 radical (unpaired) electrons. The number of para-hydroxylation sites is 1. The monoisotopic (exact) mass is 487 g/mol. The number of halogens is 3. The zero-order valence-corrected chi connectivity index (χ0v) is 19.1. The number of nitriles is 2. The molecule has 0 N–H and O–H groups in total. The van der Waals surface area contributed by atoms with Crippen LogP contribution in [0, 0.1) is 33.9 Å². The maximum absolute atomic E-state index is 14.1. The molecular weight excluding hydrogens is 472 g/mol. The molecule has 4 nitrogen and oxygen atoms in total. The van der Waals surface area contributed by atoms with Gasteiger partial charge in [-0.3, -0.25) is 4.79 Å². The van der Waals surface area contributed by atoms with Crippen molar-refractivity contribution in [3.63, 3.8) is 0 Å². The van der Waals surface area contributed by atoms with Crippen LogP contribution < -0.4 is 4.90 Å². The van der Waals surface area contributed by atoms with Crippen molar-refractivity contribution in [1.82, 2.24) is 0 Å². The Balaban J connectivity index is 1.78. The molecule has 0 saturated carbocycles. The van der Waals surface area contributed by atoms with Gasteiger partial charge in [-0.05, 0) is 47.5 Å². The van der Waals surface area contributed by atoms with E-state index < -0.39 is 29.2 Å². The molecule has 0 spiro atoms. The Bertz CT molecular complexity index is 1410. The molecule has 166 valence electrons. The van der Waals surface area contributed by atoms with Crippen molar-refractivity contribution in [2.45, 2.75) is 18.0 Å². The lowest BCUT2D eigenvalue weighted by Gasteiger charge is -2.35. The minimum Gasteiger partial charge on any atom is -0.351 e. The second-order valence-electron chi connectivity index (χ2n) is 8.33. The molecule has 1 saturated heterocycles. The third-order valence-corrected chi connectivity index (χ3v) is 7.36. The average molecular weight is 488 g/mol. The summed E-state index contributed by atoms with van der Waals surface area (Å²) < 4.78 is 13.8. The van der Waals surface area contributed by atoms with Crippen molar-refractivity contribution in [3.8, 4) is 12.1 Å². The van der Waals surface area contributed by atoms with Gasteiger partial charge in [0.05, 0.1) is 28.2 Å². The fourth-order valence-electron chi connectivity index (χ4n) is 5.10. The van der Waals surface area contributed by atoms with E-state index in [-0.39, 0.29) is 10.8 Å². The van der Waals surface area contributed by atoms with Crippen LogP contribution in [0.15, 0.2) is 72.8 Å². The van der Waals surface area contributed by atoms with Gasteiger partial charge >= 0.3 is 0 Å². The van der Waals surface area contributed by atoms with E-state index in [4.69, 9.17) is 23.2 Å². The maximum atomic E-state index is 14.1. The van der Waals surface area contributed by atoms with Gasteiger partial charge < -0.3 is 4.90 Å². The summed E-state index contributed by atoms with van der Waals surface area (Å²) in [5.74, 6) is -1.61. The SMILES string of the molecule is N#CC1(C#N)[C@H](c2ccc(F)cc2)[C@@H](C(=O)c2ccc(Cl)c(Cl)c2)N2c3ccccc3C=C[C@H]21. The Morgan fingerprint density at radius 1 is 0.971 bits per heavy atom. The number of benzene rings is 3. The number of carbonyl (C=O) groups is 1. The number of Topliss-reactive ketones (excluding diaryl/α,β-unsaturated/α-hetero) is 1. The molecule has 2 heterocycles. The van der Waals surface area contributed by atoms with Gasteiger partial charge in [0.1, 0.15) is 11.9 Å². The lowest BCUT2D eigenvalue weighted by Crippen LogP contribution is -2.44. The summed E-state index contributed by atoms with van der Waals surface area (Å²) in [6.07, 6.45) is 3.67. The predicted octanol–water partition coefficient (Wildman–Crippen LogP) is 6.42. The van der Waals surface area contributed by atoms with E-state index in [1.807, 2.05) is 35.2 Å². The number of carbonyl (C=O) groups excluding carboxylic acids is 1. The smallest absolute Gasteiger partial charge is 0.186 e. The van der Waals surface area contributed by atoms with Gasteiger partial charge in [-0.25, -0.2) is 4.39 Å². The number of fused-ring (bicyclic) bond motifs is 3. The van der Waals surface area contributed by atoms with Crippen LogP contribution in [0.4, 0.5) is 10.1 Å². The second kappa shape index (κ2) is 8.29. The molecule has 1 fully saturated rings. The summed E-state index contributed by atoms with van der Waals surface area (Å²) >= 11 is 12.3. The van der Waals surface area contributed by atoms with E-state index >= 15 is 0 Å². The first-order chi connectivity index (χ1) is 16.4. The fraction of sp³-hybridized carbons (Fsp3) is 0.148. The van der Waals surface area contributed by atoms with Gasteiger partial charge in [0.15, 0.2) is 11.2 Å². The average Bonchev–Trinajstić information content (AvgIpc) is 3.16. The van der Waals surface area contributed by atoms with Crippen LogP contribution in [0.1, 0.15) is 27.4 Å². The standard InChI is InChI=1S/C27H16Cl2FN3O/c28-20-11-7-18(13-21(20)29)26(34)25-24(17-5-9-19(30)10-6-17)27(14-31,15-32)23-12-8-16-3-1-2-4-22(16)33(23)25/h1-13,23-25H/t23-,24+,25-/m0/s1. The van der Waals surface area contributed by atoms with Crippen molar-refractivity contribution < 1.29 is 9.18 Å². The minimum absolute atomic E-state index is 0.228. The van der Waals surface area contributed by atoms with E-state index in [1.165, 1.54) is 30.3 Å². The number of anilines is 1. The maximum Gasteiger partial charge on any atom is 0.186 e. The second-order valence-corrected chi connectivity index (χ2v) is 9.14. The molecule has 5 rings (SSSR count). The normalized spacial score (nSPS) is 21.8. The largest absolute Gasteiger partial charge is 0.351 e. The van der Waals surface area contributed by atoms with Gasteiger partial charge in [-0.2, -0.15) is 10.5 Å². The predicted molar refractivity (Wildman–Crippen MR) is 129 cm³/mol. The van der Waals surface area contributed by atoms with E-state index in [0.29, 0.717) is 16.1 Å². The quantitative estimate of drug-likeness (QED) is 0.399. The Morgan fingerprint density at radius 3 is 2.35 bits per heavy atom. The van der Waals surface area contributed by atoms with Gasteiger partial charge in [-0.15, -0.1) is 0 Å². The first-order valence-electron chi connectivity index (χ1n) is 10.5. The van der Waals surface area contributed by atoms with Gasteiger partial charge in [0.2, 0.25) is 0 Å². The fourth-order valence-corrected chi connectivity index (χ4v) is 5.40. The van der Waals surface area contributed by atoms with Gasteiger partial charge in [0.25, 0.3) is 0 Å². The van der Waals surface area contributed by atoms with E-state index in [9.17, 15) is 19.7 Å². The lowest BCUT2D eigenvalue weighted by atomic mass is 9.69. The lowest BCUT2D eigenvalue weighted by molar-refractivity contribution is 0.0951. The van der Waals surface area contributed by atoms with Crippen LogP contribution in [0.5, 0.6) is 0 Å². The van der Waals surface area contributed by atoms with Crippen molar-refractivity contribution in [1.29, 1.82) is 10.5 Å². The van der Waals surface area contributed by atoms with Crippen molar-refractivity contribution in [2.24, 2.45) is 5.41 Å². The van der Waals surface area contributed by atoms with Crippen LogP contribution in [0.3, 0.4) is 0 Å². The molecule has 34 heavy (non-hydrogen) atoms. The third-order valence-electron chi connectivity index (χ3n) is 6.62. The molecule has 7 heteroatoms. The number of rotatable bonds is 3. The first-order valence-corrected chi connectivity index (χ1v) is 11.3. The van der Waals surface area contributed by atoms with Gasteiger partial charge in [-0.1, -0.05) is 65.7 Å². The highest BCUT2D eigenvalue weighted by molar-refractivity contribution is 6.42. The summed E-state index contributed by atoms with van der Waals surface area (Å²) in [5.41, 5.74) is 0.855. The van der Waals surface area contributed by atoms with Crippen molar-refractivity contribution in [2.75, 3.05) is 4.90 Å². The Hall–Kier alpha value is -3.64. The Morgan fingerprint density at radius 2 is 1.68 bits per heavy atom. The molecule has 0 aromatic heterocycles. The molecule has 3 aromatic carbocycles. The summed E-state index contributed by atoms with van der Waals surface area (Å²) in [6, 6.07) is 20.6. The Kier molecular flexibility index (Phi) is 5.41. The molecule has 2 aliphatic rings. The van der Waals surface area contributed by atoms with Crippen molar-refractivity contribution >= 4 is 40.7 Å². The van der Waals surface area contributed by atoms with Gasteiger partial charge in [0, 0.05) is 17.2 Å². The first kappa shape index (κ1) is 22.2. The summed E-state index contributed by atoms with van der Waals surface area (Å²) in [6.45, 7) is 0. The highest BCUT2D eigenvalue weighted by atomic mass is 35.5. The molecule has 2 aliphatic heterocycles. The van der Waals surface area contributed by atoms with Crippen LogP contribution in [-0.2, 0) is 0 Å². The molecular formula is C27H16Cl2FN3O. The van der Waals surface area contributed by atoms with Crippen LogP contribution in [-0.4, -0.2) is 17.9 Å². The zero-order chi connectivity index (χ0) is 24.0. The summed E-state index contributed by atoms with van der Waals surface area (Å²) in [7, 11) is 0. The minimum atomic E-state index is -1.60. The number of hydrogen-bond acceptors (Lipinski definition) is 4. The van der Waals surface area contributed by atoms with E-state index in [1.54, 1.807) is 18.2 Å². The van der Waals surface area contributed by atoms with Crippen LogP contribution in [0.2, 0.25) is 10.0 Å². The Labute approximate surface area is 206 Å². The highest BCUT2D eigenvalue weighted by Gasteiger charge is 2.63. The molecule has 3 aromatic rings. The topological polar surface area (TPSA) is 67.9 Å². The van der Waals surface area contributed by atoms with Crippen molar-refractivity contribution in [3.05, 3.63) is 105 Å². The highest BCUT2D eigenvalue weighted by Crippen LogP contribution is 2.55. The van der Waals surface area contributed by atoms with Crippen LogP contribution in [0.25, 0.3) is 6.08 Å². The number of nitrogens with zero attached hydrogens (tertiary/aromatic N) is 3. The number of hydrogen-bond donors (Lipinski definition) is 0. The number of ketones is 1. The molecule has 0 unspecified atom stereocenters.